The van der Waals surface area contributed by atoms with E-state index in [0.29, 0.717) is 18.2 Å². The van der Waals surface area contributed by atoms with E-state index in [9.17, 15) is 13.6 Å². The number of amides is 1. The summed E-state index contributed by atoms with van der Waals surface area (Å²) in [6, 6.07) is 4.68. The van der Waals surface area contributed by atoms with Crippen LogP contribution in [0.4, 0.5) is 20.4 Å². The highest BCUT2D eigenvalue weighted by molar-refractivity contribution is 6.03. The van der Waals surface area contributed by atoms with Gasteiger partial charge in [-0.3, -0.25) is 4.79 Å². The Morgan fingerprint density at radius 1 is 1.16 bits per heavy atom. The number of halogens is 2. The summed E-state index contributed by atoms with van der Waals surface area (Å²) in [5.74, 6) is -2.16. The predicted octanol–water partition coefficient (Wildman–Crippen LogP) is 2.68. The number of aryl methyl sites for hydroxylation is 1. The SMILES string of the molecule is Cc1cc(C(=O)Nc2ccc(F)c(F)c2)nc(NCCCN(C)C)n1. The van der Waals surface area contributed by atoms with Gasteiger partial charge in [0.05, 0.1) is 0 Å². The first kappa shape index (κ1) is 18.7. The zero-order valence-electron chi connectivity index (χ0n) is 14.4. The standard InChI is InChI=1S/C17H21F2N5O/c1-11-9-15(23-17(21-11)20-7-4-8-24(2)3)16(25)22-12-5-6-13(18)14(19)10-12/h5-6,9-10H,4,7-8H2,1-3H3,(H,22,25)(H,20,21,23). The highest BCUT2D eigenvalue weighted by Gasteiger charge is 2.12. The van der Waals surface area contributed by atoms with Crippen molar-refractivity contribution in [2.75, 3.05) is 37.8 Å². The van der Waals surface area contributed by atoms with Gasteiger partial charge in [0.15, 0.2) is 11.6 Å². The van der Waals surface area contributed by atoms with Crippen LogP contribution in [0.1, 0.15) is 22.6 Å². The summed E-state index contributed by atoms with van der Waals surface area (Å²) in [6.45, 7) is 3.34. The Bertz CT molecular complexity index is 752. The Hall–Kier alpha value is -2.61. The molecule has 6 nitrogen and oxygen atoms in total. The van der Waals surface area contributed by atoms with Gasteiger partial charge >= 0.3 is 0 Å². The van der Waals surface area contributed by atoms with Crippen LogP contribution in [0.15, 0.2) is 24.3 Å². The van der Waals surface area contributed by atoms with Gasteiger partial charge in [-0.2, -0.15) is 0 Å². The molecule has 0 bridgehead atoms. The third-order valence-corrected chi connectivity index (χ3v) is 3.33. The molecule has 0 atom stereocenters. The molecule has 1 aromatic carbocycles. The molecular weight excluding hydrogens is 328 g/mol. The van der Waals surface area contributed by atoms with Gasteiger partial charge in [0.25, 0.3) is 5.91 Å². The normalized spacial score (nSPS) is 10.8. The molecule has 0 aliphatic rings. The first-order valence-electron chi connectivity index (χ1n) is 7.86. The number of hydrogen-bond acceptors (Lipinski definition) is 5. The number of nitrogens with one attached hydrogen (secondary N) is 2. The van der Waals surface area contributed by atoms with Gasteiger partial charge in [0.1, 0.15) is 5.69 Å². The molecule has 0 aliphatic carbocycles. The number of aromatic nitrogens is 2. The van der Waals surface area contributed by atoms with Crippen molar-refractivity contribution >= 4 is 17.5 Å². The molecule has 2 N–H and O–H groups in total. The van der Waals surface area contributed by atoms with E-state index in [1.54, 1.807) is 6.92 Å². The lowest BCUT2D eigenvalue weighted by Crippen LogP contribution is -2.19. The second kappa shape index (κ2) is 8.48. The molecule has 0 saturated carbocycles. The lowest BCUT2D eigenvalue weighted by Gasteiger charge is -2.11. The van der Waals surface area contributed by atoms with Gasteiger partial charge < -0.3 is 15.5 Å². The van der Waals surface area contributed by atoms with Gasteiger partial charge in [-0.25, -0.2) is 18.7 Å². The van der Waals surface area contributed by atoms with Crippen molar-refractivity contribution in [1.82, 2.24) is 14.9 Å². The Labute approximate surface area is 145 Å². The highest BCUT2D eigenvalue weighted by atomic mass is 19.2. The van der Waals surface area contributed by atoms with Crippen LogP contribution in [0.5, 0.6) is 0 Å². The quantitative estimate of drug-likeness (QED) is 0.752. The lowest BCUT2D eigenvalue weighted by atomic mass is 10.2. The third kappa shape index (κ3) is 5.75. The second-order valence-corrected chi connectivity index (χ2v) is 5.88. The summed E-state index contributed by atoms with van der Waals surface area (Å²) in [5, 5.41) is 5.57. The number of anilines is 2. The maximum Gasteiger partial charge on any atom is 0.274 e. The van der Waals surface area contributed by atoms with Crippen molar-refractivity contribution in [3.63, 3.8) is 0 Å². The molecule has 1 amide bonds. The van der Waals surface area contributed by atoms with E-state index in [2.05, 4.69) is 25.5 Å². The molecule has 0 spiro atoms. The number of hydrogen-bond donors (Lipinski definition) is 2. The molecule has 8 heteroatoms. The minimum atomic E-state index is -1.03. The largest absolute Gasteiger partial charge is 0.354 e. The summed E-state index contributed by atoms with van der Waals surface area (Å²) in [7, 11) is 3.98. The van der Waals surface area contributed by atoms with E-state index in [0.717, 1.165) is 25.1 Å². The summed E-state index contributed by atoms with van der Waals surface area (Å²) in [5.41, 5.74) is 0.925. The van der Waals surface area contributed by atoms with E-state index in [1.807, 2.05) is 14.1 Å². The molecule has 0 saturated heterocycles. The van der Waals surface area contributed by atoms with Crippen LogP contribution in [-0.2, 0) is 0 Å². The van der Waals surface area contributed by atoms with Crippen LogP contribution >= 0.6 is 0 Å². The minimum Gasteiger partial charge on any atom is -0.354 e. The minimum absolute atomic E-state index is 0.146. The molecule has 2 aromatic rings. The average molecular weight is 349 g/mol. The molecule has 0 radical (unpaired) electrons. The summed E-state index contributed by atoms with van der Waals surface area (Å²) >= 11 is 0. The first-order valence-corrected chi connectivity index (χ1v) is 7.86. The van der Waals surface area contributed by atoms with Gasteiger partial charge in [-0.1, -0.05) is 0 Å². The van der Waals surface area contributed by atoms with Crippen molar-refractivity contribution in [3.05, 3.63) is 47.3 Å². The molecule has 25 heavy (non-hydrogen) atoms. The fourth-order valence-corrected chi connectivity index (χ4v) is 2.13. The molecule has 2 rings (SSSR count). The van der Waals surface area contributed by atoms with Gasteiger partial charge in [-0.15, -0.1) is 0 Å². The van der Waals surface area contributed by atoms with Crippen LogP contribution in [-0.4, -0.2) is 48.0 Å². The van der Waals surface area contributed by atoms with Crippen molar-refractivity contribution in [2.45, 2.75) is 13.3 Å². The summed E-state index contributed by atoms with van der Waals surface area (Å²) in [6.07, 6.45) is 0.903. The molecule has 0 aliphatic heterocycles. The van der Waals surface area contributed by atoms with E-state index in [4.69, 9.17) is 0 Å². The smallest absolute Gasteiger partial charge is 0.274 e. The summed E-state index contributed by atoms with van der Waals surface area (Å²) < 4.78 is 26.2. The van der Waals surface area contributed by atoms with E-state index >= 15 is 0 Å². The van der Waals surface area contributed by atoms with Gasteiger partial charge in [-0.05, 0) is 52.2 Å². The molecule has 0 fully saturated rings. The van der Waals surface area contributed by atoms with E-state index in [1.165, 1.54) is 12.1 Å². The predicted molar refractivity (Wildman–Crippen MR) is 92.7 cm³/mol. The fourth-order valence-electron chi connectivity index (χ4n) is 2.13. The monoisotopic (exact) mass is 349 g/mol. The highest BCUT2D eigenvalue weighted by Crippen LogP contribution is 2.14. The fraction of sp³-hybridized carbons (Fsp3) is 0.353. The number of nitrogens with zero attached hydrogens (tertiary/aromatic N) is 3. The number of carbonyl (C=O) groups is 1. The maximum atomic E-state index is 13.2. The van der Waals surface area contributed by atoms with Crippen LogP contribution in [0.2, 0.25) is 0 Å². The van der Waals surface area contributed by atoms with E-state index < -0.39 is 17.5 Å². The number of rotatable bonds is 7. The van der Waals surface area contributed by atoms with Crippen molar-refractivity contribution in [1.29, 1.82) is 0 Å². The zero-order valence-corrected chi connectivity index (χ0v) is 14.4. The topological polar surface area (TPSA) is 70.2 Å². The Morgan fingerprint density at radius 2 is 1.92 bits per heavy atom. The molecular formula is C17H21F2N5O. The van der Waals surface area contributed by atoms with Gasteiger partial charge in [0.2, 0.25) is 5.95 Å². The number of benzene rings is 1. The Kier molecular flexibility index (Phi) is 6.35. The van der Waals surface area contributed by atoms with Crippen LogP contribution in [0.3, 0.4) is 0 Å². The molecule has 0 unspecified atom stereocenters. The van der Waals surface area contributed by atoms with Crippen molar-refractivity contribution < 1.29 is 13.6 Å². The Balaban J connectivity index is 2.04. The van der Waals surface area contributed by atoms with Gasteiger partial charge in [0, 0.05) is 24.0 Å². The molecule has 1 heterocycles. The van der Waals surface area contributed by atoms with Crippen molar-refractivity contribution in [2.24, 2.45) is 0 Å². The number of carbonyl (C=O) groups excluding carboxylic acids is 1. The average Bonchev–Trinajstić information content (AvgIpc) is 2.54. The second-order valence-electron chi connectivity index (χ2n) is 5.88. The molecule has 134 valence electrons. The van der Waals surface area contributed by atoms with Crippen molar-refractivity contribution in [3.8, 4) is 0 Å². The van der Waals surface area contributed by atoms with Crippen LogP contribution in [0, 0.1) is 18.6 Å². The maximum absolute atomic E-state index is 13.2. The van der Waals surface area contributed by atoms with Crippen LogP contribution < -0.4 is 10.6 Å². The first-order chi connectivity index (χ1) is 11.8. The van der Waals surface area contributed by atoms with Crippen LogP contribution in [0.25, 0.3) is 0 Å². The zero-order chi connectivity index (χ0) is 18.4. The molecule has 1 aromatic heterocycles. The summed E-state index contributed by atoms with van der Waals surface area (Å²) in [4.78, 5) is 22.8. The Morgan fingerprint density at radius 3 is 2.60 bits per heavy atom. The lowest BCUT2D eigenvalue weighted by molar-refractivity contribution is 0.102. The third-order valence-electron chi connectivity index (χ3n) is 3.33. The van der Waals surface area contributed by atoms with E-state index in [-0.39, 0.29) is 11.4 Å².